The van der Waals surface area contributed by atoms with E-state index in [1.165, 1.54) is 4.90 Å². The summed E-state index contributed by atoms with van der Waals surface area (Å²) in [6.45, 7) is 1.83. The number of hydrogen-bond acceptors (Lipinski definition) is 6. The number of carbonyl (C=O) groups excluding carboxylic acids is 3. The van der Waals surface area contributed by atoms with Crippen molar-refractivity contribution < 1.29 is 24.3 Å². The monoisotopic (exact) mass is 452 g/mol. The molecule has 3 N–H and O–H groups in total. The van der Waals surface area contributed by atoms with Gasteiger partial charge in [0, 0.05) is 30.9 Å². The van der Waals surface area contributed by atoms with Crippen LogP contribution in [0.15, 0.2) is 54.9 Å². The number of likely N-dealkylation sites (tertiary alicyclic amines) is 1. The molecular formula is C24H28N4O5. The van der Waals surface area contributed by atoms with Gasteiger partial charge >= 0.3 is 5.97 Å². The standard InChI is InChI=1S/C24H28N4O5/c1-16(23(31)28-12-6-10-20(28)24(32)33)26-15-21(29)19(13-17-7-5-11-25-14-17)27-22(30)18-8-3-2-4-9-18/h2-5,7-9,11,14,16,19-20,26H,6,10,12-13,15H2,1H3,(H,27,30)(H,32,33)/t16-,19?,20-/m0/s1. The Labute approximate surface area is 192 Å². The summed E-state index contributed by atoms with van der Waals surface area (Å²) < 4.78 is 0. The van der Waals surface area contributed by atoms with Crippen LogP contribution >= 0.6 is 0 Å². The lowest BCUT2D eigenvalue weighted by molar-refractivity contribution is -0.148. The second-order valence-corrected chi connectivity index (χ2v) is 8.05. The van der Waals surface area contributed by atoms with Gasteiger partial charge in [0.25, 0.3) is 5.91 Å². The maximum atomic E-state index is 13.0. The van der Waals surface area contributed by atoms with Crippen molar-refractivity contribution in [1.82, 2.24) is 20.5 Å². The number of carbonyl (C=O) groups is 4. The number of nitrogens with zero attached hydrogens (tertiary/aromatic N) is 2. The van der Waals surface area contributed by atoms with Gasteiger partial charge < -0.3 is 15.3 Å². The molecule has 1 aromatic heterocycles. The van der Waals surface area contributed by atoms with Crippen LogP contribution in [0.3, 0.4) is 0 Å². The molecule has 9 heteroatoms. The Balaban J connectivity index is 1.64. The lowest BCUT2D eigenvalue weighted by atomic mass is 10.0. The van der Waals surface area contributed by atoms with Crippen LogP contribution in [0.5, 0.6) is 0 Å². The number of ketones is 1. The van der Waals surface area contributed by atoms with Crippen molar-refractivity contribution in [3.8, 4) is 0 Å². The Morgan fingerprint density at radius 3 is 2.58 bits per heavy atom. The van der Waals surface area contributed by atoms with Crippen molar-refractivity contribution in [3.05, 3.63) is 66.0 Å². The Hall–Kier alpha value is -3.59. The normalized spacial score (nSPS) is 17.2. The largest absolute Gasteiger partial charge is 0.480 e. The average Bonchev–Trinajstić information content (AvgIpc) is 3.33. The number of nitrogens with one attached hydrogen (secondary N) is 2. The van der Waals surface area contributed by atoms with Crippen LogP contribution in [0.25, 0.3) is 0 Å². The maximum absolute atomic E-state index is 13.0. The second kappa shape index (κ2) is 11.3. The molecule has 33 heavy (non-hydrogen) atoms. The lowest BCUT2D eigenvalue weighted by Gasteiger charge is -2.26. The Bertz CT molecular complexity index is 983. The highest BCUT2D eigenvalue weighted by Gasteiger charge is 2.36. The lowest BCUT2D eigenvalue weighted by Crippen LogP contribution is -2.52. The average molecular weight is 453 g/mol. The number of hydrogen-bond donors (Lipinski definition) is 3. The number of aromatic nitrogens is 1. The molecule has 0 aliphatic carbocycles. The molecule has 3 rings (SSSR count). The third kappa shape index (κ3) is 6.45. The third-order valence-electron chi connectivity index (χ3n) is 5.67. The first-order valence-electron chi connectivity index (χ1n) is 10.9. The van der Waals surface area contributed by atoms with Crippen molar-refractivity contribution in [2.45, 2.75) is 44.3 Å². The molecule has 1 aromatic carbocycles. The van der Waals surface area contributed by atoms with Crippen LogP contribution in [0.2, 0.25) is 0 Å². The Morgan fingerprint density at radius 2 is 1.91 bits per heavy atom. The predicted molar refractivity (Wildman–Crippen MR) is 120 cm³/mol. The van der Waals surface area contributed by atoms with Crippen LogP contribution in [-0.2, 0) is 20.8 Å². The van der Waals surface area contributed by atoms with Gasteiger partial charge in [-0.15, -0.1) is 0 Å². The topological polar surface area (TPSA) is 129 Å². The number of benzene rings is 1. The SMILES string of the molecule is C[C@H](NCC(=O)C(Cc1cccnc1)NC(=O)c1ccccc1)C(=O)N1CCC[C@H]1C(=O)O. The summed E-state index contributed by atoms with van der Waals surface area (Å²) in [4.78, 5) is 55.2. The van der Waals surface area contributed by atoms with Crippen molar-refractivity contribution in [3.63, 3.8) is 0 Å². The zero-order valence-electron chi connectivity index (χ0n) is 18.4. The fraction of sp³-hybridized carbons (Fsp3) is 0.375. The number of carboxylic acids is 1. The Kier molecular flexibility index (Phi) is 8.26. The first-order chi connectivity index (χ1) is 15.9. The van der Waals surface area contributed by atoms with Gasteiger partial charge in [-0.25, -0.2) is 4.79 Å². The Morgan fingerprint density at radius 1 is 1.15 bits per heavy atom. The van der Waals surface area contributed by atoms with E-state index >= 15 is 0 Å². The molecule has 0 saturated carbocycles. The summed E-state index contributed by atoms with van der Waals surface area (Å²) in [5.74, 6) is -2.04. The fourth-order valence-electron chi connectivity index (χ4n) is 3.83. The van der Waals surface area contributed by atoms with E-state index in [9.17, 15) is 24.3 Å². The molecule has 0 bridgehead atoms. The molecule has 1 unspecified atom stereocenters. The summed E-state index contributed by atoms with van der Waals surface area (Å²) in [5, 5.41) is 15.0. The molecule has 1 fully saturated rings. The van der Waals surface area contributed by atoms with Crippen molar-refractivity contribution in [2.24, 2.45) is 0 Å². The van der Waals surface area contributed by atoms with Crippen molar-refractivity contribution in [2.75, 3.05) is 13.1 Å². The molecule has 3 atom stereocenters. The van der Waals surface area contributed by atoms with E-state index in [0.717, 1.165) is 5.56 Å². The number of pyridine rings is 1. The zero-order valence-corrected chi connectivity index (χ0v) is 18.4. The molecule has 9 nitrogen and oxygen atoms in total. The summed E-state index contributed by atoms with van der Waals surface area (Å²) in [5.41, 5.74) is 1.22. The number of rotatable bonds is 10. The quantitative estimate of drug-likeness (QED) is 0.491. The first-order valence-corrected chi connectivity index (χ1v) is 10.9. The van der Waals surface area contributed by atoms with Gasteiger partial charge in [0.05, 0.1) is 18.6 Å². The molecule has 2 amide bonds. The molecule has 0 radical (unpaired) electrons. The predicted octanol–water partition coefficient (Wildman–Crippen LogP) is 1.05. The highest BCUT2D eigenvalue weighted by Crippen LogP contribution is 2.18. The van der Waals surface area contributed by atoms with Gasteiger partial charge in [-0.2, -0.15) is 0 Å². The number of aliphatic carboxylic acids is 1. The molecule has 174 valence electrons. The van der Waals surface area contributed by atoms with Crippen LogP contribution in [0.1, 0.15) is 35.7 Å². The first kappa shape index (κ1) is 24.1. The zero-order chi connectivity index (χ0) is 23.8. The summed E-state index contributed by atoms with van der Waals surface area (Å²) in [6.07, 6.45) is 4.56. The third-order valence-corrected chi connectivity index (χ3v) is 5.67. The molecule has 2 heterocycles. The molecule has 0 spiro atoms. The molecule has 1 aliphatic heterocycles. The fourth-order valence-corrected chi connectivity index (χ4v) is 3.83. The summed E-state index contributed by atoms with van der Waals surface area (Å²) >= 11 is 0. The van der Waals surface area contributed by atoms with E-state index in [0.29, 0.717) is 24.9 Å². The van der Waals surface area contributed by atoms with Gasteiger partial charge in [0.2, 0.25) is 5.91 Å². The van der Waals surface area contributed by atoms with Crippen LogP contribution in [-0.4, -0.2) is 69.8 Å². The van der Waals surface area contributed by atoms with E-state index in [1.807, 2.05) is 6.07 Å². The highest BCUT2D eigenvalue weighted by atomic mass is 16.4. The minimum absolute atomic E-state index is 0.154. The summed E-state index contributed by atoms with van der Waals surface area (Å²) in [7, 11) is 0. The van der Waals surface area contributed by atoms with Gasteiger partial charge in [0.1, 0.15) is 6.04 Å². The highest BCUT2D eigenvalue weighted by molar-refractivity contribution is 5.98. The van der Waals surface area contributed by atoms with Crippen LogP contribution in [0, 0.1) is 0 Å². The van der Waals surface area contributed by atoms with Gasteiger partial charge in [-0.1, -0.05) is 24.3 Å². The molecule has 1 saturated heterocycles. The number of Topliss-reactive ketones (excluding diaryl/α,β-unsaturated/α-hetero) is 1. The van der Waals surface area contributed by atoms with E-state index in [2.05, 4.69) is 15.6 Å². The van der Waals surface area contributed by atoms with Crippen molar-refractivity contribution in [1.29, 1.82) is 0 Å². The van der Waals surface area contributed by atoms with Crippen molar-refractivity contribution >= 4 is 23.6 Å². The van der Waals surface area contributed by atoms with Crippen LogP contribution < -0.4 is 10.6 Å². The smallest absolute Gasteiger partial charge is 0.326 e. The molecular weight excluding hydrogens is 424 g/mol. The molecule has 1 aliphatic rings. The van der Waals surface area contributed by atoms with Gasteiger partial charge in [0.15, 0.2) is 5.78 Å². The second-order valence-electron chi connectivity index (χ2n) is 8.05. The minimum atomic E-state index is -1.02. The number of carboxylic acid groups (broad SMARTS) is 1. The van der Waals surface area contributed by atoms with Gasteiger partial charge in [-0.05, 0) is 43.5 Å². The minimum Gasteiger partial charge on any atom is -0.480 e. The van der Waals surface area contributed by atoms with E-state index < -0.39 is 24.1 Å². The van der Waals surface area contributed by atoms with Crippen LogP contribution in [0.4, 0.5) is 0 Å². The maximum Gasteiger partial charge on any atom is 0.326 e. The van der Waals surface area contributed by atoms with E-state index in [4.69, 9.17) is 0 Å². The number of amides is 2. The van der Waals surface area contributed by atoms with E-state index in [-0.39, 0.29) is 30.6 Å². The van der Waals surface area contributed by atoms with E-state index in [1.54, 1.807) is 55.7 Å². The molecule has 2 aromatic rings. The van der Waals surface area contributed by atoms with Gasteiger partial charge in [-0.3, -0.25) is 24.7 Å². The summed E-state index contributed by atoms with van der Waals surface area (Å²) in [6, 6.07) is 9.78.